The van der Waals surface area contributed by atoms with Crippen LogP contribution in [-0.2, 0) is 6.42 Å². The highest BCUT2D eigenvalue weighted by atomic mass is 32.1. The summed E-state index contributed by atoms with van der Waals surface area (Å²) in [5.41, 5.74) is 3.02. The molecule has 0 saturated heterocycles. The predicted octanol–water partition coefficient (Wildman–Crippen LogP) is 3.23. The summed E-state index contributed by atoms with van der Waals surface area (Å²) in [4.78, 5) is 6.52. The summed E-state index contributed by atoms with van der Waals surface area (Å²) in [5, 5.41) is 11.7. The molecule has 0 atom stereocenters. The van der Waals surface area contributed by atoms with Crippen LogP contribution >= 0.6 is 11.3 Å². The van der Waals surface area contributed by atoms with E-state index in [1.165, 1.54) is 0 Å². The first-order valence-corrected chi connectivity index (χ1v) is 8.68. The Kier molecular flexibility index (Phi) is 3.88. The molecule has 4 rings (SSSR count). The van der Waals surface area contributed by atoms with Gasteiger partial charge in [0.2, 0.25) is 0 Å². The highest BCUT2D eigenvalue weighted by Crippen LogP contribution is 2.17. The lowest BCUT2D eigenvalue weighted by molar-refractivity contribution is -0.669. The topological polar surface area (TPSA) is 47.5 Å². The maximum Gasteiger partial charge on any atom is 0.313 e. The second kappa shape index (κ2) is 6.33. The molecule has 2 aromatic carbocycles. The van der Waals surface area contributed by atoms with E-state index in [4.69, 9.17) is 4.98 Å². The lowest BCUT2D eigenvalue weighted by Crippen LogP contribution is -2.42. The SMILES string of the molecule is CCc1csc(-[n+]2c(-c3ccccc3)nnn2-c2ccccc2)n1. The van der Waals surface area contributed by atoms with Gasteiger partial charge in [0.05, 0.1) is 5.10 Å². The molecule has 0 radical (unpaired) electrons. The van der Waals surface area contributed by atoms with Gasteiger partial charge in [0, 0.05) is 10.9 Å². The Morgan fingerprint density at radius 3 is 2.38 bits per heavy atom. The molecular weight excluding hydrogens is 318 g/mol. The highest BCUT2D eigenvalue weighted by molar-refractivity contribution is 7.11. The van der Waals surface area contributed by atoms with Crippen LogP contribution in [0.25, 0.3) is 22.2 Å². The maximum atomic E-state index is 4.72. The van der Waals surface area contributed by atoms with E-state index in [0.717, 1.165) is 34.3 Å². The number of aryl methyl sites for hydroxylation is 1. The highest BCUT2D eigenvalue weighted by Gasteiger charge is 2.25. The Balaban J connectivity index is 1.94. The Hall–Kier alpha value is -2.86. The van der Waals surface area contributed by atoms with Crippen molar-refractivity contribution >= 4 is 11.3 Å². The van der Waals surface area contributed by atoms with Crippen LogP contribution in [0.15, 0.2) is 66.0 Å². The van der Waals surface area contributed by atoms with Crippen molar-refractivity contribution in [2.24, 2.45) is 0 Å². The first kappa shape index (κ1) is 14.7. The van der Waals surface area contributed by atoms with Crippen molar-refractivity contribution in [2.75, 3.05) is 0 Å². The van der Waals surface area contributed by atoms with Crippen molar-refractivity contribution in [3.8, 4) is 22.2 Å². The fourth-order valence-corrected chi connectivity index (χ4v) is 3.37. The number of rotatable bonds is 4. The minimum absolute atomic E-state index is 0.774. The van der Waals surface area contributed by atoms with E-state index in [1.807, 2.05) is 65.3 Å². The largest absolute Gasteiger partial charge is 0.313 e. The molecule has 4 aromatic rings. The van der Waals surface area contributed by atoms with Crippen LogP contribution in [-0.4, -0.2) is 20.1 Å². The van der Waals surface area contributed by atoms with E-state index in [0.29, 0.717) is 0 Å². The maximum absolute atomic E-state index is 4.72. The van der Waals surface area contributed by atoms with E-state index >= 15 is 0 Å². The van der Waals surface area contributed by atoms with Gasteiger partial charge in [-0.25, -0.2) is 0 Å². The Morgan fingerprint density at radius 2 is 1.71 bits per heavy atom. The Bertz CT molecular complexity index is 887. The van der Waals surface area contributed by atoms with Gasteiger partial charge in [0.15, 0.2) is 0 Å². The zero-order valence-corrected chi connectivity index (χ0v) is 14.0. The molecule has 118 valence electrons. The molecule has 24 heavy (non-hydrogen) atoms. The van der Waals surface area contributed by atoms with E-state index in [1.54, 1.807) is 16.1 Å². The standard InChI is InChI=1S/C18H16N5S/c1-2-15-13-24-18(19-15)22-17(14-9-5-3-6-10-14)20-21-23(22)16-11-7-4-8-12-16/h3-13H,2H2,1H3/q+1. The number of tetrazole rings is 1. The molecule has 0 unspecified atom stereocenters. The van der Waals surface area contributed by atoms with Gasteiger partial charge in [-0.05, 0) is 35.5 Å². The summed E-state index contributed by atoms with van der Waals surface area (Å²) in [6, 6.07) is 20.0. The number of thiazole rings is 1. The van der Waals surface area contributed by atoms with Crippen molar-refractivity contribution in [1.29, 1.82) is 0 Å². The van der Waals surface area contributed by atoms with Crippen LogP contribution in [0.1, 0.15) is 12.6 Å². The minimum Gasteiger partial charge on any atom is -0.127 e. The van der Waals surface area contributed by atoms with Crippen molar-refractivity contribution in [2.45, 2.75) is 13.3 Å². The van der Waals surface area contributed by atoms with Gasteiger partial charge in [-0.1, -0.05) is 59.3 Å². The first-order chi connectivity index (χ1) is 11.9. The minimum atomic E-state index is 0.774. The Labute approximate surface area is 143 Å². The zero-order valence-electron chi connectivity index (χ0n) is 13.2. The molecule has 0 saturated carbocycles. The molecule has 2 aromatic heterocycles. The quantitative estimate of drug-likeness (QED) is 0.538. The fraction of sp³-hybridized carbons (Fsp3) is 0.111. The molecule has 0 N–H and O–H groups in total. The molecule has 2 heterocycles. The number of benzene rings is 2. The fourth-order valence-electron chi connectivity index (χ4n) is 2.48. The Morgan fingerprint density at radius 1 is 1.00 bits per heavy atom. The molecule has 0 fully saturated rings. The third-order valence-corrected chi connectivity index (χ3v) is 4.58. The van der Waals surface area contributed by atoms with Crippen LogP contribution in [0.2, 0.25) is 0 Å². The average Bonchev–Trinajstić information content (AvgIpc) is 3.29. The molecule has 0 aliphatic carbocycles. The number of para-hydroxylation sites is 1. The second-order valence-electron chi connectivity index (χ2n) is 5.29. The molecule has 0 aliphatic heterocycles. The van der Waals surface area contributed by atoms with Gasteiger partial charge in [0.25, 0.3) is 0 Å². The summed E-state index contributed by atoms with van der Waals surface area (Å²) >= 11 is 1.60. The van der Waals surface area contributed by atoms with Crippen molar-refractivity contribution in [3.63, 3.8) is 0 Å². The summed E-state index contributed by atoms with van der Waals surface area (Å²) in [7, 11) is 0. The molecule has 0 spiro atoms. The molecule has 0 amide bonds. The third kappa shape index (κ3) is 2.61. The van der Waals surface area contributed by atoms with Crippen LogP contribution in [0.5, 0.6) is 0 Å². The van der Waals surface area contributed by atoms with Crippen LogP contribution < -0.4 is 4.68 Å². The number of hydrogen-bond acceptors (Lipinski definition) is 4. The first-order valence-electron chi connectivity index (χ1n) is 7.80. The van der Waals surface area contributed by atoms with E-state index in [-0.39, 0.29) is 0 Å². The van der Waals surface area contributed by atoms with Gasteiger partial charge in [-0.15, -0.1) is 4.98 Å². The van der Waals surface area contributed by atoms with Crippen LogP contribution in [0.3, 0.4) is 0 Å². The molecule has 0 aliphatic rings. The number of nitrogens with zero attached hydrogens (tertiary/aromatic N) is 5. The average molecular weight is 334 g/mol. The second-order valence-corrected chi connectivity index (χ2v) is 6.13. The smallest absolute Gasteiger partial charge is 0.127 e. The van der Waals surface area contributed by atoms with Crippen LogP contribution in [0, 0.1) is 0 Å². The van der Waals surface area contributed by atoms with Gasteiger partial charge >= 0.3 is 11.0 Å². The summed E-state index contributed by atoms with van der Waals surface area (Å²) in [6.07, 6.45) is 0.907. The lowest BCUT2D eigenvalue weighted by atomic mass is 10.2. The van der Waals surface area contributed by atoms with Gasteiger partial charge in [-0.3, -0.25) is 0 Å². The number of aromatic nitrogens is 5. The molecule has 5 nitrogen and oxygen atoms in total. The van der Waals surface area contributed by atoms with Gasteiger partial charge in [0.1, 0.15) is 16.6 Å². The van der Waals surface area contributed by atoms with Gasteiger partial charge in [-0.2, -0.15) is 0 Å². The molecular formula is C18H16N5S+. The molecule has 6 heteroatoms. The van der Waals surface area contributed by atoms with Crippen molar-refractivity contribution in [1.82, 2.24) is 20.1 Å². The summed E-state index contributed by atoms with van der Waals surface area (Å²) in [6.45, 7) is 2.11. The summed E-state index contributed by atoms with van der Waals surface area (Å²) in [5.74, 6) is 0.774. The lowest BCUT2D eigenvalue weighted by Gasteiger charge is -2.02. The van der Waals surface area contributed by atoms with Gasteiger partial charge < -0.3 is 0 Å². The van der Waals surface area contributed by atoms with E-state index in [9.17, 15) is 0 Å². The summed E-state index contributed by atoms with van der Waals surface area (Å²) < 4.78 is 1.97. The third-order valence-electron chi connectivity index (χ3n) is 3.72. The zero-order chi connectivity index (χ0) is 16.4. The van der Waals surface area contributed by atoms with Crippen LogP contribution in [0.4, 0.5) is 0 Å². The number of hydrogen-bond donors (Lipinski definition) is 0. The normalized spacial score (nSPS) is 10.9. The monoisotopic (exact) mass is 334 g/mol. The van der Waals surface area contributed by atoms with E-state index in [2.05, 4.69) is 22.6 Å². The predicted molar refractivity (Wildman–Crippen MR) is 93.4 cm³/mol. The molecule has 0 bridgehead atoms. The van der Waals surface area contributed by atoms with E-state index < -0.39 is 0 Å². The van der Waals surface area contributed by atoms with Crippen molar-refractivity contribution < 1.29 is 4.68 Å². The van der Waals surface area contributed by atoms with Crippen molar-refractivity contribution in [3.05, 3.63) is 71.7 Å².